The van der Waals surface area contributed by atoms with Crippen molar-refractivity contribution < 1.29 is 9.90 Å². The largest absolute Gasteiger partial charge is 0.481 e. The molecular weight excluding hydrogens is 242 g/mol. The van der Waals surface area contributed by atoms with Crippen LogP contribution in [0.4, 0.5) is 5.82 Å². The highest BCUT2D eigenvalue weighted by Crippen LogP contribution is 2.38. The van der Waals surface area contributed by atoms with Crippen LogP contribution in [0.15, 0.2) is 6.07 Å². The number of hydrogen-bond acceptors (Lipinski definition) is 4. The molecule has 19 heavy (non-hydrogen) atoms. The number of aliphatic carboxylic acids is 1. The van der Waals surface area contributed by atoms with Crippen LogP contribution in [0.5, 0.6) is 0 Å². The molecular formula is C14H19N3O2. The summed E-state index contributed by atoms with van der Waals surface area (Å²) >= 11 is 0. The van der Waals surface area contributed by atoms with E-state index < -0.39 is 5.97 Å². The third kappa shape index (κ3) is 2.69. The number of carbonyl (C=O) groups is 1. The molecule has 2 aliphatic rings. The predicted molar refractivity (Wildman–Crippen MR) is 71.3 cm³/mol. The Morgan fingerprint density at radius 3 is 2.53 bits per heavy atom. The van der Waals surface area contributed by atoms with Crippen LogP contribution in [0, 0.1) is 12.8 Å². The fraction of sp³-hybridized carbons (Fsp3) is 0.643. The molecule has 102 valence electrons. The lowest BCUT2D eigenvalue weighted by molar-refractivity contribution is -0.142. The van der Waals surface area contributed by atoms with Crippen LogP contribution in [-0.2, 0) is 4.79 Å². The van der Waals surface area contributed by atoms with Gasteiger partial charge in [-0.1, -0.05) is 0 Å². The summed E-state index contributed by atoms with van der Waals surface area (Å²) in [7, 11) is 0. The van der Waals surface area contributed by atoms with Crippen LogP contribution >= 0.6 is 0 Å². The van der Waals surface area contributed by atoms with Gasteiger partial charge in [0.1, 0.15) is 11.6 Å². The fourth-order valence-corrected chi connectivity index (χ4v) is 2.62. The highest BCUT2D eigenvalue weighted by molar-refractivity contribution is 5.70. The number of carboxylic acids is 1. The van der Waals surface area contributed by atoms with Gasteiger partial charge in [0.25, 0.3) is 0 Å². The normalized spacial score (nSPS) is 20.6. The van der Waals surface area contributed by atoms with Gasteiger partial charge in [0.2, 0.25) is 0 Å². The molecule has 0 aromatic carbocycles. The van der Waals surface area contributed by atoms with Gasteiger partial charge in [-0.05, 0) is 32.6 Å². The molecule has 2 fully saturated rings. The minimum absolute atomic E-state index is 0.193. The summed E-state index contributed by atoms with van der Waals surface area (Å²) in [6.07, 6.45) is 3.81. The monoisotopic (exact) mass is 261 g/mol. The number of aromatic nitrogens is 2. The number of piperidine rings is 1. The molecule has 1 aliphatic heterocycles. The van der Waals surface area contributed by atoms with Gasteiger partial charge in [-0.3, -0.25) is 4.79 Å². The molecule has 0 unspecified atom stereocenters. The number of hydrogen-bond donors (Lipinski definition) is 1. The Morgan fingerprint density at radius 1 is 1.26 bits per heavy atom. The zero-order valence-electron chi connectivity index (χ0n) is 11.2. The summed E-state index contributed by atoms with van der Waals surface area (Å²) in [4.78, 5) is 22.3. The molecule has 0 amide bonds. The number of rotatable bonds is 3. The number of aryl methyl sites for hydroxylation is 1. The van der Waals surface area contributed by atoms with Gasteiger partial charge in [-0.15, -0.1) is 0 Å². The van der Waals surface area contributed by atoms with Crippen LogP contribution in [0.2, 0.25) is 0 Å². The second-order valence-corrected chi connectivity index (χ2v) is 5.60. The van der Waals surface area contributed by atoms with E-state index in [1.807, 2.05) is 13.0 Å². The number of carboxylic acid groups (broad SMARTS) is 1. The molecule has 1 aliphatic carbocycles. The van der Waals surface area contributed by atoms with Crippen molar-refractivity contribution in [2.24, 2.45) is 5.92 Å². The lowest BCUT2D eigenvalue weighted by atomic mass is 9.97. The standard InChI is InChI=1S/C14H19N3O2/c1-9-8-12(16-13(15-9)10-2-3-10)17-6-4-11(5-7-17)14(18)19/h8,10-11H,2-7H2,1H3,(H,18,19). The van der Waals surface area contributed by atoms with Gasteiger partial charge in [-0.2, -0.15) is 0 Å². The van der Waals surface area contributed by atoms with E-state index in [0.717, 1.165) is 30.4 Å². The SMILES string of the molecule is Cc1cc(N2CCC(C(=O)O)CC2)nc(C2CC2)n1. The van der Waals surface area contributed by atoms with E-state index >= 15 is 0 Å². The minimum atomic E-state index is -0.669. The van der Waals surface area contributed by atoms with Gasteiger partial charge >= 0.3 is 5.97 Å². The second kappa shape index (κ2) is 4.79. The molecule has 0 atom stereocenters. The maximum Gasteiger partial charge on any atom is 0.306 e. The zero-order valence-corrected chi connectivity index (χ0v) is 11.2. The van der Waals surface area contributed by atoms with Gasteiger partial charge < -0.3 is 10.0 Å². The van der Waals surface area contributed by atoms with Crippen LogP contribution in [0.1, 0.15) is 43.1 Å². The average Bonchev–Trinajstić information content (AvgIpc) is 3.22. The fourth-order valence-electron chi connectivity index (χ4n) is 2.62. The van der Waals surface area contributed by atoms with Crippen LogP contribution < -0.4 is 4.90 Å². The van der Waals surface area contributed by atoms with Gasteiger partial charge in [0.05, 0.1) is 5.92 Å². The Bertz CT molecular complexity index is 491. The summed E-state index contributed by atoms with van der Waals surface area (Å²) in [5, 5.41) is 9.02. The Kier molecular flexibility index (Phi) is 3.12. The van der Waals surface area contributed by atoms with Crippen molar-refractivity contribution in [1.29, 1.82) is 0 Å². The van der Waals surface area contributed by atoms with E-state index in [1.54, 1.807) is 0 Å². The highest BCUT2D eigenvalue weighted by atomic mass is 16.4. The molecule has 0 radical (unpaired) electrons. The topological polar surface area (TPSA) is 66.3 Å². The third-order valence-corrected chi connectivity index (χ3v) is 3.97. The quantitative estimate of drug-likeness (QED) is 0.901. The number of nitrogens with zero attached hydrogens (tertiary/aromatic N) is 3. The zero-order chi connectivity index (χ0) is 13.4. The van der Waals surface area contributed by atoms with Gasteiger partial charge in [0.15, 0.2) is 0 Å². The molecule has 0 bridgehead atoms. The molecule has 1 aromatic rings. The average molecular weight is 261 g/mol. The smallest absolute Gasteiger partial charge is 0.306 e. The molecule has 1 saturated carbocycles. The summed E-state index contributed by atoms with van der Waals surface area (Å²) in [5.74, 6) is 1.63. The van der Waals surface area contributed by atoms with Crippen molar-refractivity contribution in [2.75, 3.05) is 18.0 Å². The predicted octanol–water partition coefficient (Wildman–Crippen LogP) is 1.96. The van der Waals surface area contributed by atoms with Crippen LogP contribution in [0.25, 0.3) is 0 Å². The van der Waals surface area contributed by atoms with Crippen LogP contribution in [-0.4, -0.2) is 34.1 Å². The Balaban J connectivity index is 1.74. The first-order valence-corrected chi connectivity index (χ1v) is 6.97. The van der Waals surface area contributed by atoms with Crippen molar-refractivity contribution in [2.45, 2.75) is 38.5 Å². The third-order valence-electron chi connectivity index (χ3n) is 3.97. The van der Waals surface area contributed by atoms with Crippen molar-refractivity contribution in [3.8, 4) is 0 Å². The summed E-state index contributed by atoms with van der Waals surface area (Å²) < 4.78 is 0. The molecule has 1 N–H and O–H groups in total. The summed E-state index contributed by atoms with van der Waals surface area (Å²) in [6, 6.07) is 2.01. The van der Waals surface area contributed by atoms with Crippen LogP contribution in [0.3, 0.4) is 0 Å². The Morgan fingerprint density at radius 2 is 1.95 bits per heavy atom. The van der Waals surface area contributed by atoms with Crippen molar-refractivity contribution in [3.05, 3.63) is 17.6 Å². The molecule has 3 rings (SSSR count). The summed E-state index contributed by atoms with van der Waals surface area (Å²) in [5.41, 5.74) is 1.01. The van der Waals surface area contributed by atoms with E-state index in [1.165, 1.54) is 12.8 Å². The molecule has 1 saturated heterocycles. The lowest BCUT2D eigenvalue weighted by Crippen LogP contribution is -2.37. The van der Waals surface area contributed by atoms with E-state index in [0.29, 0.717) is 18.8 Å². The molecule has 5 nitrogen and oxygen atoms in total. The minimum Gasteiger partial charge on any atom is -0.481 e. The van der Waals surface area contributed by atoms with Gasteiger partial charge in [-0.25, -0.2) is 9.97 Å². The van der Waals surface area contributed by atoms with Crippen molar-refractivity contribution in [3.63, 3.8) is 0 Å². The Labute approximate surface area is 112 Å². The molecule has 2 heterocycles. The summed E-state index contributed by atoms with van der Waals surface area (Å²) in [6.45, 7) is 3.55. The van der Waals surface area contributed by atoms with E-state index in [-0.39, 0.29) is 5.92 Å². The van der Waals surface area contributed by atoms with E-state index in [2.05, 4.69) is 14.9 Å². The van der Waals surface area contributed by atoms with E-state index in [4.69, 9.17) is 5.11 Å². The maximum atomic E-state index is 11.0. The van der Waals surface area contributed by atoms with E-state index in [9.17, 15) is 4.79 Å². The second-order valence-electron chi connectivity index (χ2n) is 5.60. The molecule has 0 spiro atoms. The molecule has 1 aromatic heterocycles. The number of anilines is 1. The highest BCUT2D eigenvalue weighted by Gasteiger charge is 2.29. The van der Waals surface area contributed by atoms with Gasteiger partial charge in [0, 0.05) is 30.8 Å². The molecule has 5 heteroatoms. The first-order valence-electron chi connectivity index (χ1n) is 6.97. The Hall–Kier alpha value is -1.65. The maximum absolute atomic E-state index is 11.0. The van der Waals surface area contributed by atoms with Crippen molar-refractivity contribution >= 4 is 11.8 Å². The first kappa shape index (κ1) is 12.4. The lowest BCUT2D eigenvalue weighted by Gasteiger charge is -2.31. The van der Waals surface area contributed by atoms with Crippen molar-refractivity contribution in [1.82, 2.24) is 9.97 Å². The first-order chi connectivity index (χ1) is 9.13.